The summed E-state index contributed by atoms with van der Waals surface area (Å²) < 4.78 is 5.42. The molecule has 3 rings (SSSR count). The van der Waals surface area contributed by atoms with E-state index in [9.17, 15) is 4.79 Å². The van der Waals surface area contributed by atoms with E-state index in [1.807, 2.05) is 6.07 Å². The van der Waals surface area contributed by atoms with Crippen molar-refractivity contribution in [2.45, 2.75) is 32.7 Å². The number of amides is 1. The third-order valence-electron chi connectivity index (χ3n) is 4.21. The maximum atomic E-state index is 11.4. The van der Waals surface area contributed by atoms with Gasteiger partial charge in [-0.2, -0.15) is 0 Å². The van der Waals surface area contributed by atoms with Crippen molar-refractivity contribution in [3.63, 3.8) is 0 Å². The van der Waals surface area contributed by atoms with Crippen molar-refractivity contribution in [2.75, 3.05) is 18.5 Å². The maximum absolute atomic E-state index is 11.4. The van der Waals surface area contributed by atoms with E-state index in [1.165, 1.54) is 12.0 Å². The van der Waals surface area contributed by atoms with E-state index in [2.05, 4.69) is 36.6 Å². The molecule has 0 spiro atoms. The van der Waals surface area contributed by atoms with E-state index >= 15 is 0 Å². The predicted octanol–water partition coefficient (Wildman–Crippen LogP) is 2.71. The first-order valence-corrected chi connectivity index (χ1v) is 7.49. The topological polar surface area (TPSA) is 50.4 Å². The summed E-state index contributed by atoms with van der Waals surface area (Å²) in [6.45, 7) is 5.62. The Kier molecular flexibility index (Phi) is 3.66. The zero-order valence-corrected chi connectivity index (χ0v) is 12.1. The van der Waals surface area contributed by atoms with Gasteiger partial charge in [-0.3, -0.25) is 4.79 Å². The Morgan fingerprint density at radius 2 is 2.30 bits per heavy atom. The van der Waals surface area contributed by atoms with Gasteiger partial charge in [-0.1, -0.05) is 19.9 Å². The highest BCUT2D eigenvalue weighted by atomic mass is 16.5. The summed E-state index contributed by atoms with van der Waals surface area (Å²) in [6, 6.07) is 6.53. The van der Waals surface area contributed by atoms with Crippen LogP contribution in [0.3, 0.4) is 0 Å². The Morgan fingerprint density at radius 3 is 3.00 bits per heavy atom. The zero-order chi connectivity index (χ0) is 14.1. The van der Waals surface area contributed by atoms with Crippen LogP contribution in [0.4, 0.5) is 5.69 Å². The van der Waals surface area contributed by atoms with Crippen LogP contribution in [0.2, 0.25) is 0 Å². The first kappa shape index (κ1) is 13.4. The molecule has 20 heavy (non-hydrogen) atoms. The lowest BCUT2D eigenvalue weighted by atomic mass is 9.99. The number of fused-ring (bicyclic) bond motifs is 1. The molecule has 2 aliphatic rings. The molecule has 1 aromatic carbocycles. The van der Waals surface area contributed by atoms with E-state index in [0.29, 0.717) is 12.0 Å². The Morgan fingerprint density at radius 1 is 1.50 bits per heavy atom. The van der Waals surface area contributed by atoms with Gasteiger partial charge >= 0.3 is 0 Å². The van der Waals surface area contributed by atoms with Crippen molar-refractivity contribution in [2.24, 2.45) is 11.8 Å². The molecule has 3 atom stereocenters. The van der Waals surface area contributed by atoms with Crippen LogP contribution in [0.25, 0.3) is 0 Å². The Balaban J connectivity index is 1.83. The lowest BCUT2D eigenvalue weighted by molar-refractivity contribution is -0.118. The van der Waals surface area contributed by atoms with Gasteiger partial charge in [0.15, 0.2) is 6.61 Å². The Bertz CT molecular complexity index is 515. The van der Waals surface area contributed by atoms with Gasteiger partial charge in [0.2, 0.25) is 0 Å². The second kappa shape index (κ2) is 5.44. The van der Waals surface area contributed by atoms with Crippen molar-refractivity contribution in [3.05, 3.63) is 23.8 Å². The number of carbonyl (C=O) groups excluding carboxylic acids is 1. The highest BCUT2D eigenvalue weighted by Gasteiger charge is 2.40. The molecule has 1 aliphatic heterocycles. The van der Waals surface area contributed by atoms with Crippen molar-refractivity contribution in [3.8, 4) is 5.75 Å². The molecule has 0 radical (unpaired) electrons. The standard InChI is InChI=1S/C16H22N2O2/c1-3-6-17-16(12-7-10(12)2)11-4-5-14-13(8-11)18-15(19)9-20-14/h4-5,8,10,12,16-17H,3,6-7,9H2,1-2H3,(H,18,19). The molecule has 4 heteroatoms. The minimum Gasteiger partial charge on any atom is -0.482 e. The summed E-state index contributed by atoms with van der Waals surface area (Å²) >= 11 is 0. The normalized spacial score (nSPS) is 25.4. The van der Waals surface area contributed by atoms with E-state index in [0.717, 1.165) is 30.3 Å². The fourth-order valence-electron chi connectivity index (χ4n) is 2.93. The number of carbonyl (C=O) groups is 1. The molecule has 1 aromatic rings. The van der Waals surface area contributed by atoms with Crippen molar-refractivity contribution in [1.82, 2.24) is 5.32 Å². The molecule has 0 aromatic heterocycles. The number of nitrogens with one attached hydrogen (secondary N) is 2. The number of benzene rings is 1. The number of anilines is 1. The Labute approximate surface area is 119 Å². The SMILES string of the molecule is CCCNC(c1ccc2c(c1)NC(=O)CO2)C1CC1C. The second-order valence-electron chi connectivity index (χ2n) is 5.90. The van der Waals surface area contributed by atoms with Gasteiger partial charge in [-0.15, -0.1) is 0 Å². The molecular formula is C16H22N2O2. The van der Waals surface area contributed by atoms with Crippen LogP contribution in [-0.4, -0.2) is 19.1 Å². The predicted molar refractivity (Wildman–Crippen MR) is 78.9 cm³/mol. The maximum Gasteiger partial charge on any atom is 0.262 e. The van der Waals surface area contributed by atoms with Crippen molar-refractivity contribution >= 4 is 11.6 Å². The molecule has 108 valence electrons. The summed E-state index contributed by atoms with van der Waals surface area (Å²) in [5.74, 6) is 2.19. The third kappa shape index (κ3) is 2.66. The number of rotatable bonds is 5. The molecule has 0 saturated heterocycles. The molecule has 4 nitrogen and oxygen atoms in total. The van der Waals surface area contributed by atoms with Crippen LogP contribution in [-0.2, 0) is 4.79 Å². The molecule has 1 aliphatic carbocycles. The summed E-state index contributed by atoms with van der Waals surface area (Å²) in [5.41, 5.74) is 2.05. The second-order valence-corrected chi connectivity index (χ2v) is 5.90. The molecule has 1 saturated carbocycles. The van der Waals surface area contributed by atoms with E-state index in [4.69, 9.17) is 4.74 Å². The molecule has 3 unspecified atom stereocenters. The molecular weight excluding hydrogens is 252 g/mol. The molecule has 2 N–H and O–H groups in total. The van der Waals surface area contributed by atoms with Crippen LogP contribution in [0.1, 0.15) is 38.3 Å². The van der Waals surface area contributed by atoms with Gasteiger partial charge < -0.3 is 15.4 Å². The molecule has 1 amide bonds. The van der Waals surface area contributed by atoms with E-state index in [1.54, 1.807) is 0 Å². The molecule has 1 heterocycles. The highest BCUT2D eigenvalue weighted by Crippen LogP contribution is 2.47. The van der Waals surface area contributed by atoms with E-state index < -0.39 is 0 Å². The van der Waals surface area contributed by atoms with Crippen LogP contribution < -0.4 is 15.4 Å². The van der Waals surface area contributed by atoms with Crippen LogP contribution >= 0.6 is 0 Å². The van der Waals surface area contributed by atoms with E-state index in [-0.39, 0.29) is 12.5 Å². The van der Waals surface area contributed by atoms with Crippen molar-refractivity contribution in [1.29, 1.82) is 0 Å². The average molecular weight is 274 g/mol. The van der Waals surface area contributed by atoms with Gasteiger partial charge in [-0.25, -0.2) is 0 Å². The summed E-state index contributed by atoms with van der Waals surface area (Å²) in [6.07, 6.45) is 2.41. The number of ether oxygens (including phenoxy) is 1. The smallest absolute Gasteiger partial charge is 0.262 e. The summed E-state index contributed by atoms with van der Waals surface area (Å²) in [7, 11) is 0. The average Bonchev–Trinajstić information content (AvgIpc) is 3.15. The van der Waals surface area contributed by atoms with Crippen molar-refractivity contribution < 1.29 is 9.53 Å². The molecule has 1 fully saturated rings. The van der Waals surface area contributed by atoms with Gasteiger partial charge in [-0.05, 0) is 48.9 Å². The monoisotopic (exact) mass is 274 g/mol. The minimum absolute atomic E-state index is 0.0764. The first-order valence-electron chi connectivity index (χ1n) is 7.49. The Hall–Kier alpha value is -1.55. The lowest BCUT2D eigenvalue weighted by Gasteiger charge is -2.23. The van der Waals surface area contributed by atoms with Crippen LogP contribution in [0, 0.1) is 11.8 Å². The third-order valence-corrected chi connectivity index (χ3v) is 4.21. The largest absolute Gasteiger partial charge is 0.482 e. The minimum atomic E-state index is -0.0764. The quantitative estimate of drug-likeness (QED) is 0.868. The first-order chi connectivity index (χ1) is 9.69. The summed E-state index contributed by atoms with van der Waals surface area (Å²) in [4.78, 5) is 11.4. The van der Waals surface area contributed by atoms with Gasteiger partial charge in [0, 0.05) is 6.04 Å². The van der Waals surface area contributed by atoms with Crippen LogP contribution in [0.5, 0.6) is 5.75 Å². The fourth-order valence-corrected chi connectivity index (χ4v) is 2.93. The van der Waals surface area contributed by atoms with Gasteiger partial charge in [0.25, 0.3) is 5.91 Å². The lowest BCUT2D eigenvalue weighted by Crippen LogP contribution is -2.27. The van der Waals surface area contributed by atoms with Gasteiger partial charge in [0.1, 0.15) is 5.75 Å². The highest BCUT2D eigenvalue weighted by molar-refractivity contribution is 5.95. The summed E-state index contributed by atoms with van der Waals surface area (Å²) in [5, 5.41) is 6.53. The molecule has 0 bridgehead atoms. The number of hydrogen-bond acceptors (Lipinski definition) is 3. The van der Waals surface area contributed by atoms with Crippen LogP contribution in [0.15, 0.2) is 18.2 Å². The fraction of sp³-hybridized carbons (Fsp3) is 0.562. The van der Waals surface area contributed by atoms with Gasteiger partial charge in [0.05, 0.1) is 5.69 Å². The number of hydrogen-bond donors (Lipinski definition) is 2. The zero-order valence-electron chi connectivity index (χ0n) is 12.1.